The van der Waals surface area contributed by atoms with Crippen LogP contribution in [0.3, 0.4) is 0 Å². The SMILES string of the molecule is CCCC(c1ccc(C)o1)C1CCCC1=O. The fourth-order valence-corrected chi connectivity index (χ4v) is 2.77. The number of carbonyl (C=O) groups excluding carboxylic acids is 1. The zero-order valence-corrected chi connectivity index (χ0v) is 10.2. The van der Waals surface area contributed by atoms with Gasteiger partial charge in [-0.2, -0.15) is 0 Å². The maximum absolute atomic E-state index is 11.8. The minimum absolute atomic E-state index is 0.213. The second-order valence-electron chi connectivity index (χ2n) is 4.81. The number of carbonyl (C=O) groups is 1. The van der Waals surface area contributed by atoms with Gasteiger partial charge < -0.3 is 4.42 Å². The summed E-state index contributed by atoms with van der Waals surface area (Å²) in [5.41, 5.74) is 0. The van der Waals surface area contributed by atoms with E-state index in [1.165, 1.54) is 0 Å². The monoisotopic (exact) mass is 220 g/mol. The average molecular weight is 220 g/mol. The Morgan fingerprint density at radius 2 is 2.31 bits per heavy atom. The van der Waals surface area contributed by atoms with Crippen LogP contribution in [0.15, 0.2) is 16.5 Å². The predicted molar refractivity (Wildman–Crippen MR) is 63.4 cm³/mol. The van der Waals surface area contributed by atoms with Crippen LogP contribution >= 0.6 is 0 Å². The van der Waals surface area contributed by atoms with E-state index in [2.05, 4.69) is 6.92 Å². The summed E-state index contributed by atoms with van der Waals surface area (Å²) in [5, 5.41) is 0. The van der Waals surface area contributed by atoms with Crippen molar-refractivity contribution in [1.29, 1.82) is 0 Å². The van der Waals surface area contributed by atoms with E-state index >= 15 is 0 Å². The summed E-state index contributed by atoms with van der Waals surface area (Å²) in [5.74, 6) is 2.92. The number of Topliss-reactive ketones (excluding diaryl/α,β-unsaturated/α-hetero) is 1. The van der Waals surface area contributed by atoms with E-state index in [1.54, 1.807) is 0 Å². The molecule has 0 N–H and O–H groups in total. The molecular formula is C14H20O2. The molecule has 2 atom stereocenters. The number of aryl methyl sites for hydroxylation is 1. The fourth-order valence-electron chi connectivity index (χ4n) is 2.77. The van der Waals surface area contributed by atoms with Gasteiger partial charge in [0.2, 0.25) is 0 Å². The van der Waals surface area contributed by atoms with Gasteiger partial charge in [0.25, 0.3) is 0 Å². The maximum atomic E-state index is 11.8. The lowest BCUT2D eigenvalue weighted by Gasteiger charge is -2.19. The minimum Gasteiger partial charge on any atom is -0.466 e. The van der Waals surface area contributed by atoms with Gasteiger partial charge in [0.15, 0.2) is 0 Å². The lowest BCUT2D eigenvalue weighted by Crippen LogP contribution is -2.16. The first-order valence-corrected chi connectivity index (χ1v) is 6.31. The lowest BCUT2D eigenvalue weighted by atomic mass is 9.85. The van der Waals surface area contributed by atoms with Crippen molar-refractivity contribution in [1.82, 2.24) is 0 Å². The van der Waals surface area contributed by atoms with Gasteiger partial charge >= 0.3 is 0 Å². The van der Waals surface area contributed by atoms with Crippen LogP contribution in [0, 0.1) is 12.8 Å². The van der Waals surface area contributed by atoms with Crippen molar-refractivity contribution in [3.05, 3.63) is 23.7 Å². The molecule has 1 aliphatic carbocycles. The molecule has 0 saturated heterocycles. The first-order valence-electron chi connectivity index (χ1n) is 6.31. The van der Waals surface area contributed by atoms with Crippen molar-refractivity contribution in [2.45, 2.75) is 51.9 Å². The number of hydrogen-bond donors (Lipinski definition) is 0. The van der Waals surface area contributed by atoms with Gasteiger partial charge in [0, 0.05) is 18.3 Å². The van der Waals surface area contributed by atoms with Gasteiger partial charge in [-0.05, 0) is 38.3 Å². The summed E-state index contributed by atoms with van der Waals surface area (Å²) >= 11 is 0. The van der Waals surface area contributed by atoms with Crippen molar-refractivity contribution >= 4 is 5.78 Å². The molecular weight excluding hydrogens is 200 g/mol. The van der Waals surface area contributed by atoms with E-state index in [0.29, 0.717) is 11.7 Å². The van der Waals surface area contributed by atoms with Crippen molar-refractivity contribution in [2.75, 3.05) is 0 Å². The van der Waals surface area contributed by atoms with Crippen molar-refractivity contribution in [3.8, 4) is 0 Å². The van der Waals surface area contributed by atoms with Gasteiger partial charge in [-0.25, -0.2) is 0 Å². The summed E-state index contributed by atoms with van der Waals surface area (Å²) < 4.78 is 5.71. The molecule has 1 saturated carbocycles. The van der Waals surface area contributed by atoms with Crippen LogP contribution in [-0.4, -0.2) is 5.78 Å². The molecule has 0 spiro atoms. The predicted octanol–water partition coefficient (Wildman–Crippen LogP) is 3.84. The van der Waals surface area contributed by atoms with Gasteiger partial charge in [-0.3, -0.25) is 4.79 Å². The van der Waals surface area contributed by atoms with Crippen LogP contribution in [0.4, 0.5) is 0 Å². The zero-order valence-electron chi connectivity index (χ0n) is 10.2. The molecule has 2 nitrogen and oxygen atoms in total. The summed E-state index contributed by atoms with van der Waals surface area (Å²) in [7, 11) is 0. The maximum Gasteiger partial charge on any atom is 0.136 e. The van der Waals surface area contributed by atoms with Gasteiger partial charge in [0.1, 0.15) is 17.3 Å². The molecule has 88 valence electrons. The van der Waals surface area contributed by atoms with Crippen LogP contribution in [0.2, 0.25) is 0 Å². The van der Waals surface area contributed by atoms with Crippen LogP contribution in [0.5, 0.6) is 0 Å². The van der Waals surface area contributed by atoms with Crippen molar-refractivity contribution in [2.24, 2.45) is 5.92 Å². The largest absolute Gasteiger partial charge is 0.466 e. The normalized spacial score (nSPS) is 22.6. The quantitative estimate of drug-likeness (QED) is 0.771. The molecule has 0 aliphatic heterocycles. The third-order valence-electron chi connectivity index (χ3n) is 3.56. The molecule has 0 radical (unpaired) electrons. The zero-order chi connectivity index (χ0) is 11.5. The third kappa shape index (κ3) is 2.21. The Balaban J connectivity index is 2.19. The van der Waals surface area contributed by atoms with Crippen LogP contribution in [0.1, 0.15) is 56.5 Å². The number of ketones is 1. The highest BCUT2D eigenvalue weighted by Crippen LogP contribution is 2.38. The number of hydrogen-bond acceptors (Lipinski definition) is 2. The molecule has 2 unspecified atom stereocenters. The van der Waals surface area contributed by atoms with Crippen LogP contribution in [0.25, 0.3) is 0 Å². The summed E-state index contributed by atoms with van der Waals surface area (Å²) in [6.07, 6.45) is 5.04. The molecule has 2 rings (SSSR count). The van der Waals surface area contributed by atoms with Crippen LogP contribution in [-0.2, 0) is 4.79 Å². The highest BCUT2D eigenvalue weighted by atomic mass is 16.3. The fraction of sp³-hybridized carbons (Fsp3) is 0.643. The highest BCUT2D eigenvalue weighted by molar-refractivity contribution is 5.83. The first kappa shape index (κ1) is 11.4. The van der Waals surface area contributed by atoms with E-state index in [1.807, 2.05) is 19.1 Å². The second-order valence-corrected chi connectivity index (χ2v) is 4.81. The smallest absolute Gasteiger partial charge is 0.136 e. The standard InChI is InChI=1S/C14H20O2/c1-3-5-12(11-6-4-7-13(11)15)14-9-8-10(2)16-14/h8-9,11-12H,3-7H2,1-2H3. The average Bonchev–Trinajstić information content (AvgIpc) is 2.84. The van der Waals surface area contributed by atoms with Crippen molar-refractivity contribution in [3.63, 3.8) is 0 Å². The molecule has 1 fully saturated rings. The molecule has 1 aromatic rings. The number of furan rings is 1. The first-order chi connectivity index (χ1) is 7.72. The highest BCUT2D eigenvalue weighted by Gasteiger charge is 2.33. The second kappa shape index (κ2) is 4.86. The Morgan fingerprint density at radius 1 is 1.50 bits per heavy atom. The van der Waals surface area contributed by atoms with E-state index in [0.717, 1.165) is 43.6 Å². The van der Waals surface area contributed by atoms with Crippen molar-refractivity contribution < 1.29 is 9.21 Å². The molecule has 1 aliphatic rings. The molecule has 1 aromatic heterocycles. The molecule has 0 bridgehead atoms. The summed E-state index contributed by atoms with van der Waals surface area (Å²) in [4.78, 5) is 11.8. The molecule has 0 aromatic carbocycles. The van der Waals surface area contributed by atoms with Gasteiger partial charge in [-0.15, -0.1) is 0 Å². The Bertz CT molecular complexity index is 365. The van der Waals surface area contributed by atoms with Gasteiger partial charge in [0.05, 0.1) is 0 Å². The Kier molecular flexibility index (Phi) is 3.47. The molecule has 0 amide bonds. The van der Waals surface area contributed by atoms with E-state index < -0.39 is 0 Å². The Hall–Kier alpha value is -1.05. The Labute approximate surface area is 97.0 Å². The minimum atomic E-state index is 0.213. The number of rotatable bonds is 4. The summed E-state index contributed by atoms with van der Waals surface area (Å²) in [6, 6.07) is 4.04. The van der Waals surface area contributed by atoms with Crippen LogP contribution < -0.4 is 0 Å². The summed E-state index contributed by atoms with van der Waals surface area (Å²) in [6.45, 7) is 4.13. The Morgan fingerprint density at radius 3 is 2.81 bits per heavy atom. The molecule has 16 heavy (non-hydrogen) atoms. The topological polar surface area (TPSA) is 30.2 Å². The molecule has 1 heterocycles. The van der Waals surface area contributed by atoms with E-state index in [9.17, 15) is 4.79 Å². The van der Waals surface area contributed by atoms with E-state index in [4.69, 9.17) is 4.42 Å². The molecule has 2 heteroatoms. The third-order valence-corrected chi connectivity index (χ3v) is 3.56. The van der Waals surface area contributed by atoms with E-state index in [-0.39, 0.29) is 5.92 Å². The van der Waals surface area contributed by atoms with Gasteiger partial charge in [-0.1, -0.05) is 13.3 Å². The lowest BCUT2D eigenvalue weighted by molar-refractivity contribution is -0.121.